The van der Waals surface area contributed by atoms with E-state index in [1.54, 1.807) is 0 Å². The zero-order chi connectivity index (χ0) is 14.9. The molecule has 1 aliphatic carbocycles. The minimum absolute atomic E-state index is 0.0142. The molecule has 1 spiro atoms. The lowest BCUT2D eigenvalue weighted by Gasteiger charge is -2.43. The Balaban J connectivity index is 1.76. The van der Waals surface area contributed by atoms with Crippen molar-refractivity contribution in [3.8, 4) is 0 Å². The number of ether oxygens (including phenoxy) is 1. The van der Waals surface area contributed by atoms with Gasteiger partial charge in [0, 0.05) is 23.8 Å². The monoisotopic (exact) mass is 287 g/mol. The van der Waals surface area contributed by atoms with Gasteiger partial charge in [-0.3, -0.25) is 4.79 Å². The van der Waals surface area contributed by atoms with Gasteiger partial charge < -0.3 is 10.5 Å². The van der Waals surface area contributed by atoms with E-state index < -0.39 is 0 Å². The Morgan fingerprint density at radius 3 is 2.76 bits per heavy atom. The van der Waals surface area contributed by atoms with E-state index in [0.717, 1.165) is 49.1 Å². The van der Waals surface area contributed by atoms with Gasteiger partial charge in [-0.05, 0) is 56.4 Å². The number of Topliss-reactive ketones (excluding diaryl/α,β-unsaturated/α-hetero) is 1. The SMILES string of the molecule is Cc1cc(C(=O)C2CCOC3(CCCCC3)C2)ccc1N. The van der Waals surface area contributed by atoms with Crippen LogP contribution in [0.15, 0.2) is 18.2 Å². The van der Waals surface area contributed by atoms with Gasteiger partial charge in [-0.15, -0.1) is 0 Å². The summed E-state index contributed by atoms with van der Waals surface area (Å²) in [4.78, 5) is 12.8. The van der Waals surface area contributed by atoms with Crippen LogP contribution < -0.4 is 5.73 Å². The minimum atomic E-state index is -0.0142. The molecule has 0 bridgehead atoms. The van der Waals surface area contributed by atoms with Gasteiger partial charge in [0.05, 0.1) is 5.60 Å². The molecule has 0 radical (unpaired) electrons. The molecule has 2 aliphatic rings. The summed E-state index contributed by atoms with van der Waals surface area (Å²) < 4.78 is 6.09. The molecule has 2 fully saturated rings. The first-order valence-corrected chi connectivity index (χ1v) is 8.14. The van der Waals surface area contributed by atoms with Crippen LogP contribution in [0.4, 0.5) is 5.69 Å². The molecule has 114 valence electrons. The number of carbonyl (C=O) groups excluding carboxylic acids is 1. The molecule has 1 saturated carbocycles. The van der Waals surface area contributed by atoms with Gasteiger partial charge in [-0.1, -0.05) is 19.3 Å². The van der Waals surface area contributed by atoms with Gasteiger partial charge in [0.1, 0.15) is 0 Å². The van der Waals surface area contributed by atoms with E-state index in [-0.39, 0.29) is 17.3 Å². The van der Waals surface area contributed by atoms with Crippen molar-refractivity contribution >= 4 is 11.5 Å². The maximum atomic E-state index is 12.8. The van der Waals surface area contributed by atoms with Crippen molar-refractivity contribution in [2.24, 2.45) is 5.92 Å². The lowest BCUT2D eigenvalue weighted by atomic mass is 9.74. The van der Waals surface area contributed by atoms with Crippen LogP contribution in [0, 0.1) is 12.8 Å². The maximum absolute atomic E-state index is 12.8. The fourth-order valence-corrected chi connectivity index (χ4v) is 3.86. The number of hydrogen-bond acceptors (Lipinski definition) is 3. The standard InChI is InChI=1S/C18H25NO2/c1-13-11-14(5-6-16(13)19)17(20)15-7-10-21-18(12-15)8-3-2-4-9-18/h5-6,11,15H,2-4,7-10,12,19H2,1H3. The van der Waals surface area contributed by atoms with Crippen molar-refractivity contribution in [3.05, 3.63) is 29.3 Å². The smallest absolute Gasteiger partial charge is 0.166 e. The zero-order valence-corrected chi connectivity index (χ0v) is 12.9. The maximum Gasteiger partial charge on any atom is 0.166 e. The van der Waals surface area contributed by atoms with Gasteiger partial charge >= 0.3 is 0 Å². The van der Waals surface area contributed by atoms with E-state index in [1.165, 1.54) is 19.3 Å². The number of nitrogens with two attached hydrogens (primary N) is 1. The topological polar surface area (TPSA) is 52.3 Å². The number of hydrogen-bond donors (Lipinski definition) is 1. The Morgan fingerprint density at radius 1 is 1.29 bits per heavy atom. The summed E-state index contributed by atoms with van der Waals surface area (Å²) in [6.07, 6.45) is 7.78. The molecule has 1 aliphatic heterocycles. The van der Waals surface area contributed by atoms with Crippen LogP contribution in [-0.4, -0.2) is 18.0 Å². The number of aryl methyl sites for hydroxylation is 1. The summed E-state index contributed by atoms with van der Waals surface area (Å²) in [5.41, 5.74) is 8.38. The highest BCUT2D eigenvalue weighted by molar-refractivity contribution is 5.98. The van der Waals surface area contributed by atoms with Crippen molar-refractivity contribution in [2.75, 3.05) is 12.3 Å². The Kier molecular flexibility index (Phi) is 4.03. The largest absolute Gasteiger partial charge is 0.399 e. The summed E-state index contributed by atoms with van der Waals surface area (Å²) in [6.45, 7) is 2.68. The summed E-state index contributed by atoms with van der Waals surface area (Å²) in [6, 6.07) is 5.65. The van der Waals surface area contributed by atoms with E-state index in [9.17, 15) is 4.79 Å². The molecule has 1 atom stereocenters. The first kappa shape index (κ1) is 14.6. The molecule has 1 unspecified atom stereocenters. The van der Waals surface area contributed by atoms with E-state index in [4.69, 9.17) is 10.5 Å². The van der Waals surface area contributed by atoms with Crippen molar-refractivity contribution in [1.29, 1.82) is 0 Å². The number of carbonyl (C=O) groups is 1. The third-order valence-corrected chi connectivity index (χ3v) is 5.18. The van der Waals surface area contributed by atoms with E-state index in [2.05, 4.69) is 0 Å². The lowest BCUT2D eigenvalue weighted by molar-refractivity contribution is -0.111. The average Bonchev–Trinajstić information content (AvgIpc) is 2.50. The highest BCUT2D eigenvalue weighted by atomic mass is 16.5. The highest BCUT2D eigenvalue weighted by Gasteiger charge is 2.40. The molecule has 1 saturated heterocycles. The van der Waals surface area contributed by atoms with Crippen LogP contribution in [-0.2, 0) is 4.74 Å². The molecule has 3 rings (SSSR count). The average molecular weight is 287 g/mol. The van der Waals surface area contributed by atoms with E-state index in [1.807, 2.05) is 25.1 Å². The zero-order valence-electron chi connectivity index (χ0n) is 12.9. The Hall–Kier alpha value is -1.35. The minimum Gasteiger partial charge on any atom is -0.399 e. The molecule has 0 aromatic heterocycles. The summed E-state index contributed by atoms with van der Waals surface area (Å²) >= 11 is 0. The molecule has 0 amide bonds. The van der Waals surface area contributed by atoms with E-state index >= 15 is 0 Å². The van der Waals surface area contributed by atoms with Crippen LogP contribution in [0.3, 0.4) is 0 Å². The predicted octanol–water partition coefficient (Wildman–Crippen LogP) is 3.89. The lowest BCUT2D eigenvalue weighted by Crippen LogP contribution is -2.43. The number of benzene rings is 1. The second-order valence-electron chi connectivity index (χ2n) is 6.72. The number of nitrogen functional groups attached to an aromatic ring is 1. The van der Waals surface area contributed by atoms with Crippen LogP contribution in [0.25, 0.3) is 0 Å². The molecule has 3 nitrogen and oxygen atoms in total. The molecule has 1 aromatic rings. The van der Waals surface area contributed by atoms with Crippen molar-refractivity contribution in [3.63, 3.8) is 0 Å². The Morgan fingerprint density at radius 2 is 2.05 bits per heavy atom. The van der Waals surface area contributed by atoms with Crippen molar-refractivity contribution in [2.45, 2.75) is 57.5 Å². The quantitative estimate of drug-likeness (QED) is 0.663. The molecule has 1 aromatic carbocycles. The van der Waals surface area contributed by atoms with Crippen molar-refractivity contribution < 1.29 is 9.53 Å². The first-order chi connectivity index (χ1) is 10.1. The normalized spacial score (nSPS) is 24.9. The van der Waals surface area contributed by atoms with Crippen LogP contribution in [0.2, 0.25) is 0 Å². The third-order valence-electron chi connectivity index (χ3n) is 5.18. The summed E-state index contributed by atoms with van der Waals surface area (Å²) in [5.74, 6) is 0.381. The Bertz CT molecular complexity index is 527. The predicted molar refractivity (Wildman–Crippen MR) is 84.4 cm³/mol. The molecule has 2 N–H and O–H groups in total. The van der Waals surface area contributed by atoms with E-state index in [0.29, 0.717) is 0 Å². The van der Waals surface area contributed by atoms with Crippen LogP contribution in [0.5, 0.6) is 0 Å². The molecular weight excluding hydrogens is 262 g/mol. The first-order valence-electron chi connectivity index (χ1n) is 8.14. The van der Waals surface area contributed by atoms with Crippen LogP contribution >= 0.6 is 0 Å². The molecule has 1 heterocycles. The van der Waals surface area contributed by atoms with Crippen LogP contribution in [0.1, 0.15) is 60.9 Å². The molecule has 21 heavy (non-hydrogen) atoms. The van der Waals surface area contributed by atoms with Gasteiger partial charge in [0.15, 0.2) is 5.78 Å². The van der Waals surface area contributed by atoms with Gasteiger partial charge in [0.25, 0.3) is 0 Å². The third kappa shape index (κ3) is 2.98. The fraction of sp³-hybridized carbons (Fsp3) is 0.611. The number of anilines is 1. The summed E-state index contributed by atoms with van der Waals surface area (Å²) in [5, 5.41) is 0. The second-order valence-corrected chi connectivity index (χ2v) is 6.72. The van der Waals surface area contributed by atoms with Gasteiger partial charge in [-0.2, -0.15) is 0 Å². The van der Waals surface area contributed by atoms with Gasteiger partial charge in [-0.25, -0.2) is 0 Å². The van der Waals surface area contributed by atoms with Gasteiger partial charge in [0.2, 0.25) is 0 Å². The highest BCUT2D eigenvalue weighted by Crippen LogP contribution is 2.41. The molecular formula is C18H25NO2. The number of ketones is 1. The van der Waals surface area contributed by atoms with Crippen molar-refractivity contribution in [1.82, 2.24) is 0 Å². The fourth-order valence-electron chi connectivity index (χ4n) is 3.86. The number of rotatable bonds is 2. The second kappa shape index (κ2) is 5.80. The summed E-state index contributed by atoms with van der Waals surface area (Å²) in [7, 11) is 0. The Labute approximate surface area is 126 Å². The molecule has 3 heteroatoms.